The highest BCUT2D eigenvalue weighted by Gasteiger charge is 2.57. The molecule has 0 radical (unpaired) electrons. The van der Waals surface area contributed by atoms with E-state index in [-0.39, 0.29) is 29.0 Å². The molecule has 2 aromatic carbocycles. The van der Waals surface area contributed by atoms with Crippen LogP contribution in [0, 0.1) is 23.5 Å². The van der Waals surface area contributed by atoms with Crippen molar-refractivity contribution in [2.24, 2.45) is 11.8 Å². The zero-order chi connectivity index (χ0) is 25.1. The lowest BCUT2D eigenvalue weighted by Crippen LogP contribution is -2.65. The number of hydrogen-bond acceptors (Lipinski definition) is 5. The van der Waals surface area contributed by atoms with E-state index in [1.54, 1.807) is 24.3 Å². The number of halogens is 2. The van der Waals surface area contributed by atoms with E-state index in [2.05, 4.69) is 25.9 Å². The number of carbonyl (C=O) groups is 1. The quantitative estimate of drug-likeness (QED) is 0.387. The van der Waals surface area contributed by atoms with Crippen molar-refractivity contribution in [1.82, 2.24) is 15.3 Å². The summed E-state index contributed by atoms with van der Waals surface area (Å²) in [5, 5.41) is 20.2. The Kier molecular flexibility index (Phi) is 5.37. The highest BCUT2D eigenvalue weighted by Crippen LogP contribution is 2.57. The number of nitrogens with zero attached hydrogens (tertiary/aromatic N) is 2. The number of urea groups is 1. The van der Waals surface area contributed by atoms with Crippen molar-refractivity contribution < 1.29 is 18.7 Å². The lowest BCUT2D eigenvalue weighted by molar-refractivity contribution is -0.138. The van der Waals surface area contributed by atoms with Gasteiger partial charge in [0.05, 0.1) is 11.3 Å². The molecule has 0 spiro atoms. The minimum Gasteiger partial charge on any atom is -0.390 e. The van der Waals surface area contributed by atoms with Gasteiger partial charge in [0.1, 0.15) is 11.3 Å². The first-order valence-corrected chi connectivity index (χ1v) is 12.5. The van der Waals surface area contributed by atoms with Gasteiger partial charge in [-0.05, 0) is 87.1 Å². The van der Waals surface area contributed by atoms with Crippen LogP contribution in [0.2, 0.25) is 0 Å². The summed E-state index contributed by atoms with van der Waals surface area (Å²) in [6.45, 7) is 1.82. The van der Waals surface area contributed by atoms with Gasteiger partial charge < -0.3 is 15.7 Å². The minimum atomic E-state index is -0.688. The van der Waals surface area contributed by atoms with Crippen molar-refractivity contribution in [2.75, 3.05) is 10.6 Å². The van der Waals surface area contributed by atoms with Gasteiger partial charge in [-0.2, -0.15) is 0 Å². The van der Waals surface area contributed by atoms with E-state index in [1.165, 1.54) is 18.3 Å². The van der Waals surface area contributed by atoms with Gasteiger partial charge in [-0.3, -0.25) is 5.32 Å². The van der Waals surface area contributed by atoms with Crippen LogP contribution in [-0.4, -0.2) is 32.2 Å². The van der Waals surface area contributed by atoms with Crippen LogP contribution in [0.3, 0.4) is 0 Å². The summed E-state index contributed by atoms with van der Waals surface area (Å²) in [4.78, 5) is 21.4. The molecule has 3 atom stereocenters. The number of rotatable bonds is 5. The Labute approximate surface area is 207 Å². The van der Waals surface area contributed by atoms with Crippen LogP contribution in [0.15, 0.2) is 42.6 Å². The second-order valence-corrected chi connectivity index (χ2v) is 11.0. The summed E-state index contributed by atoms with van der Waals surface area (Å²) in [5.41, 5.74) is -0.136. The fourth-order valence-corrected chi connectivity index (χ4v) is 7.06. The van der Waals surface area contributed by atoms with Gasteiger partial charge in [0.2, 0.25) is 5.95 Å². The zero-order valence-corrected chi connectivity index (χ0v) is 20.0. The average molecular weight is 494 g/mol. The smallest absolute Gasteiger partial charge is 0.322 e. The Bertz CT molecular complexity index is 1330. The molecule has 188 valence electrons. The molecule has 4 N–H and O–H groups in total. The molecule has 4 bridgehead atoms. The SMILES string of the molecule is C[C@@H](Nc1ccc2cnc(NC(=O)NC34CC5CC(CC(O)(C5)C3)C4)nc2c1F)c1cccc(F)c1. The van der Waals surface area contributed by atoms with E-state index in [9.17, 15) is 14.3 Å². The maximum absolute atomic E-state index is 15.4. The van der Waals surface area contributed by atoms with Gasteiger partial charge in [-0.1, -0.05) is 12.1 Å². The molecule has 2 amide bonds. The third kappa shape index (κ3) is 4.25. The zero-order valence-electron chi connectivity index (χ0n) is 20.0. The third-order valence-electron chi connectivity index (χ3n) is 8.05. The van der Waals surface area contributed by atoms with Gasteiger partial charge in [0, 0.05) is 23.2 Å². The van der Waals surface area contributed by atoms with Gasteiger partial charge in [-0.25, -0.2) is 23.5 Å². The highest BCUT2D eigenvalue weighted by atomic mass is 19.1. The first-order valence-electron chi connectivity index (χ1n) is 12.5. The van der Waals surface area contributed by atoms with Gasteiger partial charge >= 0.3 is 6.03 Å². The van der Waals surface area contributed by atoms with Gasteiger partial charge in [-0.15, -0.1) is 0 Å². The van der Waals surface area contributed by atoms with E-state index in [0.29, 0.717) is 29.2 Å². The number of carbonyl (C=O) groups excluding carboxylic acids is 1. The largest absolute Gasteiger partial charge is 0.390 e. The van der Waals surface area contributed by atoms with Gasteiger partial charge in [0.15, 0.2) is 5.82 Å². The Morgan fingerprint density at radius 2 is 1.92 bits per heavy atom. The van der Waals surface area contributed by atoms with Crippen molar-refractivity contribution in [3.05, 3.63) is 59.8 Å². The summed E-state index contributed by atoms with van der Waals surface area (Å²) in [6.07, 6.45) is 6.51. The molecule has 7 rings (SSSR count). The summed E-state index contributed by atoms with van der Waals surface area (Å²) in [6, 6.07) is 8.64. The van der Waals surface area contributed by atoms with Crippen molar-refractivity contribution in [2.45, 2.75) is 62.6 Å². The number of anilines is 2. The monoisotopic (exact) mass is 493 g/mol. The fraction of sp³-hybridized carbons (Fsp3) is 0.444. The molecule has 4 aliphatic rings. The minimum absolute atomic E-state index is 0.00216. The number of nitrogens with one attached hydrogen (secondary N) is 3. The summed E-state index contributed by atoms with van der Waals surface area (Å²) in [7, 11) is 0. The molecule has 0 aliphatic heterocycles. The molecule has 4 fully saturated rings. The molecular weight excluding hydrogens is 464 g/mol. The first-order chi connectivity index (χ1) is 17.2. The molecular formula is C27H29F2N5O2. The van der Waals surface area contributed by atoms with Crippen molar-refractivity contribution >= 4 is 28.6 Å². The van der Waals surface area contributed by atoms with E-state index in [1.807, 2.05) is 6.92 Å². The maximum atomic E-state index is 15.4. The van der Waals surface area contributed by atoms with Crippen LogP contribution in [0.25, 0.3) is 10.9 Å². The standard InChI is InChI=1S/C27H29F2N5O2/c1-15(18-3-2-4-20(28)8-18)31-21-6-5-19-13-30-24(32-23(19)22(21)29)33-25(35)34-26-9-16-7-17(10-26)12-27(36,11-16)14-26/h2-6,8,13,15-17,31,36H,7,9-12,14H2,1H3,(H2,30,32,33,34,35)/t15-,16?,17?,26?,27?/m1/s1. The lowest BCUT2D eigenvalue weighted by Gasteiger charge is -2.60. The van der Waals surface area contributed by atoms with Crippen LogP contribution in [0.4, 0.5) is 25.2 Å². The summed E-state index contributed by atoms with van der Waals surface area (Å²) in [5.74, 6) is -0.0707. The number of amides is 2. The Hall–Kier alpha value is -3.33. The maximum Gasteiger partial charge on any atom is 0.322 e. The molecule has 3 aromatic rings. The van der Waals surface area contributed by atoms with Crippen molar-refractivity contribution in [3.63, 3.8) is 0 Å². The molecule has 1 aromatic heterocycles. The van der Waals surface area contributed by atoms with Crippen LogP contribution in [0.5, 0.6) is 0 Å². The van der Waals surface area contributed by atoms with Crippen LogP contribution < -0.4 is 16.0 Å². The van der Waals surface area contributed by atoms with E-state index in [0.717, 1.165) is 32.1 Å². The van der Waals surface area contributed by atoms with E-state index < -0.39 is 23.0 Å². The molecule has 7 nitrogen and oxygen atoms in total. The molecule has 4 saturated carbocycles. The van der Waals surface area contributed by atoms with Crippen LogP contribution in [-0.2, 0) is 0 Å². The number of aliphatic hydroxyl groups is 1. The predicted octanol–water partition coefficient (Wildman–Crippen LogP) is 5.29. The molecule has 0 saturated heterocycles. The topological polar surface area (TPSA) is 99.2 Å². The Morgan fingerprint density at radius 1 is 1.14 bits per heavy atom. The lowest BCUT2D eigenvalue weighted by atomic mass is 9.51. The van der Waals surface area contributed by atoms with Crippen LogP contribution in [0.1, 0.15) is 57.1 Å². The first kappa shape index (κ1) is 23.1. The molecule has 36 heavy (non-hydrogen) atoms. The summed E-state index contributed by atoms with van der Waals surface area (Å²) < 4.78 is 29.0. The fourth-order valence-electron chi connectivity index (χ4n) is 7.06. The molecule has 2 unspecified atom stereocenters. The number of hydrogen-bond donors (Lipinski definition) is 4. The van der Waals surface area contributed by atoms with Gasteiger partial charge in [0.25, 0.3) is 0 Å². The van der Waals surface area contributed by atoms with Crippen molar-refractivity contribution in [3.8, 4) is 0 Å². The Balaban J connectivity index is 1.19. The second-order valence-electron chi connectivity index (χ2n) is 11.0. The Morgan fingerprint density at radius 3 is 2.64 bits per heavy atom. The number of aromatic nitrogens is 2. The molecule has 9 heteroatoms. The predicted molar refractivity (Wildman–Crippen MR) is 132 cm³/mol. The van der Waals surface area contributed by atoms with Crippen molar-refractivity contribution in [1.29, 1.82) is 0 Å². The third-order valence-corrected chi connectivity index (χ3v) is 8.05. The van der Waals surface area contributed by atoms with Crippen LogP contribution >= 0.6 is 0 Å². The normalized spacial score (nSPS) is 29.2. The number of benzene rings is 2. The van der Waals surface area contributed by atoms with E-state index >= 15 is 4.39 Å². The van der Waals surface area contributed by atoms with E-state index in [4.69, 9.17) is 0 Å². The highest BCUT2D eigenvalue weighted by molar-refractivity contribution is 5.90. The molecule has 1 heterocycles. The average Bonchev–Trinajstić information content (AvgIpc) is 2.79. The molecule has 4 aliphatic carbocycles. The number of fused-ring (bicyclic) bond motifs is 1. The second kappa shape index (κ2) is 8.37. The summed E-state index contributed by atoms with van der Waals surface area (Å²) >= 11 is 0.